The van der Waals surface area contributed by atoms with Crippen LogP contribution in [0.2, 0.25) is 0 Å². The Hall–Kier alpha value is -3.69. The minimum atomic E-state index is -1.42. The molecule has 2 atom stereocenters. The summed E-state index contributed by atoms with van der Waals surface area (Å²) in [6, 6.07) is 21.3. The van der Waals surface area contributed by atoms with Gasteiger partial charge in [-0.15, -0.1) is 11.8 Å². The number of methoxy groups -OCH3 is 2. The molecule has 8 nitrogen and oxygen atoms in total. The predicted octanol–water partition coefficient (Wildman–Crippen LogP) is 4.39. The number of thioether (sulfide) groups is 1. The number of ether oxygens (including phenoxy) is 3. The van der Waals surface area contributed by atoms with Crippen molar-refractivity contribution in [3.8, 4) is 5.75 Å². The Morgan fingerprint density at radius 1 is 1.03 bits per heavy atom. The fraction of sp³-hybridized carbons (Fsp3) is 0.200. The van der Waals surface area contributed by atoms with E-state index in [1.165, 1.54) is 18.9 Å². The van der Waals surface area contributed by atoms with Gasteiger partial charge in [-0.2, -0.15) is 0 Å². The number of aliphatic hydroxyl groups is 1. The van der Waals surface area contributed by atoms with Crippen LogP contribution in [0.3, 0.4) is 0 Å². The zero-order valence-corrected chi connectivity index (χ0v) is 19.6. The van der Waals surface area contributed by atoms with Crippen molar-refractivity contribution in [2.75, 3.05) is 25.3 Å². The van der Waals surface area contributed by atoms with E-state index in [1.807, 2.05) is 30.3 Å². The molecule has 3 aromatic rings. The molecule has 0 aromatic heterocycles. The molecule has 34 heavy (non-hydrogen) atoms. The zero-order valence-electron chi connectivity index (χ0n) is 18.8. The first-order chi connectivity index (χ1) is 16.4. The predicted molar refractivity (Wildman–Crippen MR) is 131 cm³/mol. The van der Waals surface area contributed by atoms with E-state index < -0.39 is 23.4 Å². The second-order valence-electron chi connectivity index (χ2n) is 7.22. The van der Waals surface area contributed by atoms with Gasteiger partial charge in [-0.3, -0.25) is 5.32 Å². The molecule has 0 heterocycles. The number of carbonyl (C=O) groups is 2. The monoisotopic (exact) mass is 482 g/mol. The Kier molecular flexibility index (Phi) is 8.78. The van der Waals surface area contributed by atoms with E-state index in [4.69, 9.17) is 19.9 Å². The van der Waals surface area contributed by atoms with Gasteiger partial charge in [-0.25, -0.2) is 9.59 Å². The summed E-state index contributed by atoms with van der Waals surface area (Å²) in [5, 5.41) is 12.6. The lowest BCUT2D eigenvalue weighted by molar-refractivity contribution is -0.150. The van der Waals surface area contributed by atoms with E-state index in [0.29, 0.717) is 27.6 Å². The standard InChI is InChI=1S/C25H26N2O6S/c1-31-19-11-8-17(9-12-19)23(22(28)24(29)32-2)34-21-13-10-18(14-20(21)26)27-25(30)33-15-16-6-4-3-5-7-16/h3-14,22-23,28H,15,26H2,1-2H3,(H,27,30)/t22-,23+/m0/s1. The molecule has 0 unspecified atom stereocenters. The molecule has 0 radical (unpaired) electrons. The van der Waals surface area contributed by atoms with Gasteiger partial charge >= 0.3 is 12.1 Å². The highest BCUT2D eigenvalue weighted by Gasteiger charge is 2.30. The number of nitrogens with one attached hydrogen (secondary N) is 1. The van der Waals surface area contributed by atoms with Gasteiger partial charge in [-0.1, -0.05) is 42.5 Å². The van der Waals surface area contributed by atoms with Gasteiger partial charge in [0.05, 0.1) is 19.5 Å². The van der Waals surface area contributed by atoms with Crippen molar-refractivity contribution >= 4 is 35.2 Å². The highest BCUT2D eigenvalue weighted by atomic mass is 32.2. The lowest BCUT2D eigenvalue weighted by atomic mass is 10.1. The van der Waals surface area contributed by atoms with Gasteiger partial charge in [0.15, 0.2) is 6.10 Å². The summed E-state index contributed by atoms with van der Waals surface area (Å²) in [5.74, 6) is -0.111. The number of hydrogen-bond acceptors (Lipinski definition) is 8. The van der Waals surface area contributed by atoms with E-state index in [0.717, 1.165) is 5.56 Å². The molecule has 0 spiro atoms. The molecule has 9 heteroatoms. The van der Waals surface area contributed by atoms with E-state index in [-0.39, 0.29) is 6.61 Å². The number of carbonyl (C=O) groups excluding carboxylic acids is 2. The third-order valence-electron chi connectivity index (χ3n) is 4.90. The van der Waals surface area contributed by atoms with Crippen molar-refractivity contribution in [2.24, 2.45) is 0 Å². The van der Waals surface area contributed by atoms with Gasteiger partial charge in [0.25, 0.3) is 0 Å². The Labute approximate surface area is 202 Å². The number of anilines is 2. The second-order valence-corrected chi connectivity index (χ2v) is 8.40. The molecule has 3 rings (SSSR count). The number of hydrogen-bond donors (Lipinski definition) is 3. The molecular weight excluding hydrogens is 456 g/mol. The third-order valence-corrected chi connectivity index (χ3v) is 6.31. The average Bonchev–Trinajstić information content (AvgIpc) is 2.87. The maximum Gasteiger partial charge on any atom is 0.411 e. The summed E-state index contributed by atoms with van der Waals surface area (Å²) in [6.45, 7) is 0.144. The van der Waals surface area contributed by atoms with Crippen LogP contribution in [0.1, 0.15) is 16.4 Å². The maximum atomic E-state index is 12.1. The quantitative estimate of drug-likeness (QED) is 0.233. The highest BCUT2D eigenvalue weighted by Crippen LogP contribution is 2.41. The minimum absolute atomic E-state index is 0.144. The van der Waals surface area contributed by atoms with E-state index in [2.05, 4.69) is 5.32 Å². The first-order valence-corrected chi connectivity index (χ1v) is 11.2. The number of rotatable bonds is 9. The van der Waals surface area contributed by atoms with Crippen LogP contribution in [-0.2, 0) is 20.9 Å². The van der Waals surface area contributed by atoms with Gasteiger partial charge in [0.2, 0.25) is 0 Å². The number of aliphatic hydroxyl groups excluding tert-OH is 1. The van der Waals surface area contributed by atoms with Crippen LogP contribution in [0.15, 0.2) is 77.7 Å². The lowest BCUT2D eigenvalue weighted by Crippen LogP contribution is -2.27. The third kappa shape index (κ3) is 6.66. The number of esters is 1. The first kappa shape index (κ1) is 24.9. The fourth-order valence-corrected chi connectivity index (χ4v) is 4.25. The van der Waals surface area contributed by atoms with Crippen molar-refractivity contribution in [1.29, 1.82) is 0 Å². The number of benzene rings is 3. The number of amides is 1. The smallest absolute Gasteiger partial charge is 0.411 e. The van der Waals surface area contributed by atoms with Crippen LogP contribution < -0.4 is 15.8 Å². The van der Waals surface area contributed by atoms with Crippen LogP contribution in [0, 0.1) is 0 Å². The lowest BCUT2D eigenvalue weighted by Gasteiger charge is -2.22. The molecule has 0 aliphatic heterocycles. The summed E-state index contributed by atoms with van der Waals surface area (Å²) in [6.07, 6.45) is -2.03. The van der Waals surface area contributed by atoms with E-state index >= 15 is 0 Å². The topological polar surface area (TPSA) is 120 Å². The highest BCUT2D eigenvalue weighted by molar-refractivity contribution is 7.99. The van der Waals surface area contributed by atoms with Crippen LogP contribution in [0.25, 0.3) is 0 Å². The number of nitrogen functional groups attached to an aromatic ring is 1. The molecule has 178 valence electrons. The van der Waals surface area contributed by atoms with E-state index in [1.54, 1.807) is 49.6 Å². The fourth-order valence-electron chi connectivity index (χ4n) is 3.10. The van der Waals surface area contributed by atoms with Crippen LogP contribution in [-0.4, -0.2) is 37.5 Å². The Morgan fingerprint density at radius 3 is 2.35 bits per heavy atom. The van der Waals surface area contributed by atoms with Crippen LogP contribution in [0.5, 0.6) is 5.75 Å². The van der Waals surface area contributed by atoms with Crippen LogP contribution in [0.4, 0.5) is 16.2 Å². The van der Waals surface area contributed by atoms with Crippen molar-refractivity contribution in [3.63, 3.8) is 0 Å². The SMILES string of the molecule is COC(=O)[C@@H](O)[C@H](Sc1ccc(NC(=O)OCc2ccccc2)cc1N)c1ccc(OC)cc1. The van der Waals surface area contributed by atoms with Gasteiger partial charge in [-0.05, 0) is 41.5 Å². The van der Waals surface area contributed by atoms with Gasteiger partial charge in [0.1, 0.15) is 12.4 Å². The van der Waals surface area contributed by atoms with Gasteiger partial charge < -0.3 is 25.1 Å². The Bertz CT molecular complexity index is 1110. The summed E-state index contributed by atoms with van der Waals surface area (Å²) in [5.41, 5.74) is 8.59. The van der Waals surface area contributed by atoms with Crippen molar-refractivity contribution < 1.29 is 28.9 Å². The first-order valence-electron chi connectivity index (χ1n) is 10.3. The summed E-state index contributed by atoms with van der Waals surface area (Å²) < 4.78 is 15.1. The molecule has 0 aliphatic rings. The van der Waals surface area contributed by atoms with Gasteiger partial charge in [0, 0.05) is 16.3 Å². The van der Waals surface area contributed by atoms with Crippen molar-refractivity contribution in [1.82, 2.24) is 0 Å². The Balaban J connectivity index is 1.71. The largest absolute Gasteiger partial charge is 0.497 e. The van der Waals surface area contributed by atoms with E-state index in [9.17, 15) is 14.7 Å². The molecule has 1 amide bonds. The normalized spacial score (nSPS) is 12.3. The zero-order chi connectivity index (χ0) is 24.5. The summed E-state index contributed by atoms with van der Waals surface area (Å²) in [4.78, 5) is 24.8. The summed E-state index contributed by atoms with van der Waals surface area (Å²) in [7, 11) is 2.77. The molecule has 4 N–H and O–H groups in total. The second kappa shape index (κ2) is 12.0. The van der Waals surface area contributed by atoms with Crippen LogP contribution >= 0.6 is 11.8 Å². The summed E-state index contributed by atoms with van der Waals surface area (Å²) >= 11 is 1.21. The molecular formula is C25H26N2O6S. The molecule has 0 aliphatic carbocycles. The Morgan fingerprint density at radius 2 is 1.74 bits per heavy atom. The maximum absolute atomic E-state index is 12.1. The molecule has 3 aromatic carbocycles. The molecule has 0 fully saturated rings. The number of nitrogens with two attached hydrogens (primary N) is 1. The average molecular weight is 483 g/mol. The van der Waals surface area contributed by atoms with Crippen molar-refractivity contribution in [2.45, 2.75) is 22.9 Å². The minimum Gasteiger partial charge on any atom is -0.497 e. The molecule has 0 saturated carbocycles. The van der Waals surface area contributed by atoms with Crippen molar-refractivity contribution in [3.05, 3.63) is 83.9 Å². The molecule has 0 bridgehead atoms. The molecule has 0 saturated heterocycles.